The Kier molecular flexibility index (Phi) is 4.81. The molecule has 0 aliphatic carbocycles. The van der Waals surface area contributed by atoms with Gasteiger partial charge in [-0.2, -0.15) is 0 Å². The van der Waals surface area contributed by atoms with Crippen LogP contribution in [0.5, 0.6) is 0 Å². The number of aromatic nitrogens is 3. The normalized spacial score (nSPS) is 16.5. The van der Waals surface area contributed by atoms with E-state index in [1.54, 1.807) is 12.4 Å². The van der Waals surface area contributed by atoms with Crippen LogP contribution in [0.25, 0.3) is 5.69 Å². The number of urea groups is 1. The second-order valence-corrected chi connectivity index (χ2v) is 7.07. The number of nitrogens with one attached hydrogen (secondary N) is 1. The summed E-state index contributed by atoms with van der Waals surface area (Å²) in [5.74, 6) is 0.779. The van der Waals surface area contributed by atoms with E-state index in [9.17, 15) is 4.79 Å². The third-order valence-electron chi connectivity index (χ3n) is 4.85. The van der Waals surface area contributed by atoms with Crippen molar-refractivity contribution < 1.29 is 4.79 Å². The summed E-state index contributed by atoms with van der Waals surface area (Å²) in [6.45, 7) is 2.61. The number of amides is 2. The number of likely N-dealkylation sites (tertiary alicyclic amines) is 1. The zero-order valence-electron chi connectivity index (χ0n) is 15.0. The number of para-hydroxylation sites is 1. The average Bonchev–Trinajstić information content (AvgIpc) is 3.33. The Labute approximate surface area is 162 Å². The Morgan fingerprint density at radius 2 is 2.04 bits per heavy atom. The standard InChI is InChI=1S/C20H20ClN5O/c1-14-12-15(21)9-10-17(14)23-20(27)25-11-5-8-18(25)19-24-22-13-26(19)16-6-3-2-4-7-16/h2-4,6-7,9-10,12-13,18H,5,8,11H2,1H3,(H,23,27). The van der Waals surface area contributed by atoms with E-state index in [0.29, 0.717) is 11.6 Å². The number of carbonyl (C=O) groups excluding carboxylic acids is 1. The quantitative estimate of drug-likeness (QED) is 0.721. The van der Waals surface area contributed by atoms with Crippen molar-refractivity contribution in [3.8, 4) is 5.69 Å². The van der Waals surface area contributed by atoms with Gasteiger partial charge < -0.3 is 10.2 Å². The van der Waals surface area contributed by atoms with Crippen molar-refractivity contribution in [2.45, 2.75) is 25.8 Å². The highest BCUT2D eigenvalue weighted by atomic mass is 35.5. The van der Waals surface area contributed by atoms with Crippen LogP contribution in [-0.4, -0.2) is 32.2 Å². The zero-order chi connectivity index (χ0) is 18.8. The first-order chi connectivity index (χ1) is 13.1. The maximum Gasteiger partial charge on any atom is 0.322 e. The van der Waals surface area contributed by atoms with Gasteiger partial charge in [0.2, 0.25) is 0 Å². The van der Waals surface area contributed by atoms with Crippen molar-refractivity contribution in [1.82, 2.24) is 19.7 Å². The molecule has 1 aromatic heterocycles. The minimum absolute atomic E-state index is 0.111. The molecule has 3 aromatic rings. The van der Waals surface area contributed by atoms with Crippen LogP contribution in [0.3, 0.4) is 0 Å². The van der Waals surface area contributed by atoms with Crippen molar-refractivity contribution in [2.75, 3.05) is 11.9 Å². The average molecular weight is 382 g/mol. The summed E-state index contributed by atoms with van der Waals surface area (Å²) < 4.78 is 1.95. The van der Waals surface area contributed by atoms with E-state index < -0.39 is 0 Å². The molecule has 1 saturated heterocycles. The number of aryl methyl sites for hydroxylation is 1. The van der Waals surface area contributed by atoms with Crippen molar-refractivity contribution >= 4 is 23.3 Å². The molecular formula is C20H20ClN5O. The van der Waals surface area contributed by atoms with Crippen LogP contribution in [0.2, 0.25) is 5.02 Å². The molecule has 0 spiro atoms. The Morgan fingerprint density at radius 1 is 1.22 bits per heavy atom. The van der Waals surface area contributed by atoms with Crippen LogP contribution in [0.4, 0.5) is 10.5 Å². The molecule has 2 aromatic carbocycles. The van der Waals surface area contributed by atoms with Crippen LogP contribution >= 0.6 is 11.6 Å². The lowest BCUT2D eigenvalue weighted by molar-refractivity contribution is 0.204. The first-order valence-electron chi connectivity index (χ1n) is 8.92. The van der Waals surface area contributed by atoms with Gasteiger partial charge in [0.15, 0.2) is 5.82 Å². The third-order valence-corrected chi connectivity index (χ3v) is 5.09. The van der Waals surface area contributed by atoms with Crippen LogP contribution in [0, 0.1) is 6.92 Å². The van der Waals surface area contributed by atoms with Gasteiger partial charge in [-0.1, -0.05) is 29.8 Å². The number of carbonyl (C=O) groups is 1. The fraction of sp³-hybridized carbons (Fsp3) is 0.250. The van der Waals surface area contributed by atoms with E-state index in [1.807, 2.05) is 58.9 Å². The van der Waals surface area contributed by atoms with Gasteiger partial charge in [-0.3, -0.25) is 4.57 Å². The van der Waals surface area contributed by atoms with E-state index in [-0.39, 0.29) is 12.1 Å². The van der Waals surface area contributed by atoms with Gasteiger partial charge in [-0.15, -0.1) is 10.2 Å². The molecular weight excluding hydrogens is 362 g/mol. The smallest absolute Gasteiger partial charge is 0.314 e. The predicted octanol–water partition coefficient (Wildman–Crippen LogP) is 4.60. The largest absolute Gasteiger partial charge is 0.322 e. The molecule has 1 N–H and O–H groups in total. The Morgan fingerprint density at radius 3 is 2.81 bits per heavy atom. The maximum atomic E-state index is 12.9. The van der Waals surface area contributed by atoms with Crippen molar-refractivity contribution in [1.29, 1.82) is 0 Å². The van der Waals surface area contributed by atoms with Gasteiger partial charge in [-0.25, -0.2) is 4.79 Å². The number of halogens is 1. The van der Waals surface area contributed by atoms with Crippen molar-refractivity contribution in [3.05, 3.63) is 71.3 Å². The van der Waals surface area contributed by atoms with Crippen molar-refractivity contribution in [2.24, 2.45) is 0 Å². The van der Waals surface area contributed by atoms with Crippen LogP contribution in [-0.2, 0) is 0 Å². The molecule has 2 heterocycles. The van der Waals surface area contributed by atoms with Crippen LogP contribution in [0.15, 0.2) is 54.9 Å². The summed E-state index contributed by atoms with van der Waals surface area (Å²) in [4.78, 5) is 14.8. The molecule has 1 aliphatic heterocycles. The Bertz CT molecular complexity index is 956. The Hall–Kier alpha value is -2.86. The molecule has 1 atom stereocenters. The first-order valence-corrected chi connectivity index (χ1v) is 9.30. The van der Waals surface area contributed by atoms with Crippen molar-refractivity contribution in [3.63, 3.8) is 0 Å². The van der Waals surface area contributed by atoms with Crippen LogP contribution in [0.1, 0.15) is 30.3 Å². The number of nitrogens with zero attached hydrogens (tertiary/aromatic N) is 4. The highest BCUT2D eigenvalue weighted by molar-refractivity contribution is 6.30. The van der Waals surface area contributed by atoms with Gasteiger partial charge in [-0.05, 0) is 55.7 Å². The van der Waals surface area contributed by atoms with Crippen LogP contribution < -0.4 is 5.32 Å². The molecule has 1 aliphatic rings. The number of benzene rings is 2. The molecule has 0 saturated carbocycles. The van der Waals surface area contributed by atoms with E-state index in [2.05, 4.69) is 15.5 Å². The lowest BCUT2D eigenvalue weighted by atomic mass is 10.2. The second kappa shape index (κ2) is 7.40. The number of anilines is 1. The Balaban J connectivity index is 1.58. The molecule has 0 radical (unpaired) electrons. The highest BCUT2D eigenvalue weighted by Gasteiger charge is 2.33. The molecule has 2 amide bonds. The summed E-state index contributed by atoms with van der Waals surface area (Å²) in [5.41, 5.74) is 2.68. The minimum atomic E-state index is -0.134. The third kappa shape index (κ3) is 3.53. The molecule has 0 bridgehead atoms. The minimum Gasteiger partial charge on any atom is -0.314 e. The summed E-state index contributed by atoms with van der Waals surface area (Å²) in [5, 5.41) is 12.1. The molecule has 4 rings (SSSR count). The molecule has 1 unspecified atom stereocenters. The van der Waals surface area contributed by atoms with Gasteiger partial charge in [0, 0.05) is 22.9 Å². The predicted molar refractivity (Wildman–Crippen MR) is 105 cm³/mol. The van der Waals surface area contributed by atoms with E-state index >= 15 is 0 Å². The monoisotopic (exact) mass is 381 g/mol. The molecule has 6 nitrogen and oxygen atoms in total. The summed E-state index contributed by atoms with van der Waals surface area (Å²) in [6.07, 6.45) is 3.49. The van der Waals surface area contributed by atoms with E-state index in [0.717, 1.165) is 35.6 Å². The zero-order valence-corrected chi connectivity index (χ0v) is 15.7. The maximum absolute atomic E-state index is 12.9. The van der Waals surface area contributed by atoms with E-state index in [1.165, 1.54) is 0 Å². The number of rotatable bonds is 3. The first kappa shape index (κ1) is 17.5. The van der Waals surface area contributed by atoms with Gasteiger partial charge in [0.1, 0.15) is 6.33 Å². The topological polar surface area (TPSA) is 63.1 Å². The number of hydrogen-bond acceptors (Lipinski definition) is 3. The molecule has 27 heavy (non-hydrogen) atoms. The lowest BCUT2D eigenvalue weighted by Crippen LogP contribution is -2.35. The highest BCUT2D eigenvalue weighted by Crippen LogP contribution is 2.32. The second-order valence-electron chi connectivity index (χ2n) is 6.64. The fourth-order valence-corrected chi connectivity index (χ4v) is 3.72. The summed E-state index contributed by atoms with van der Waals surface area (Å²) in [7, 11) is 0. The number of hydrogen-bond donors (Lipinski definition) is 1. The fourth-order valence-electron chi connectivity index (χ4n) is 3.49. The van der Waals surface area contributed by atoms with E-state index in [4.69, 9.17) is 11.6 Å². The summed E-state index contributed by atoms with van der Waals surface area (Å²) >= 11 is 6.01. The molecule has 7 heteroatoms. The summed E-state index contributed by atoms with van der Waals surface area (Å²) in [6, 6.07) is 15.1. The van der Waals surface area contributed by atoms with Gasteiger partial charge in [0.05, 0.1) is 6.04 Å². The lowest BCUT2D eigenvalue weighted by Gasteiger charge is -2.25. The van der Waals surface area contributed by atoms with Gasteiger partial charge >= 0.3 is 6.03 Å². The van der Waals surface area contributed by atoms with Gasteiger partial charge in [0.25, 0.3) is 0 Å². The molecule has 1 fully saturated rings. The molecule has 138 valence electrons. The SMILES string of the molecule is Cc1cc(Cl)ccc1NC(=O)N1CCCC1c1nncn1-c1ccccc1.